The maximum Gasteiger partial charge on any atom is 0.223 e. The SMILES string of the molecule is Cn1c([C@@H]2CCCCN2C(=O)C[C@H]2C=CCC2)nc2ccccc21. The second-order valence-corrected chi connectivity index (χ2v) is 7.09. The van der Waals surface area contributed by atoms with Crippen LogP contribution >= 0.6 is 0 Å². The molecule has 4 rings (SSSR count). The minimum absolute atomic E-state index is 0.119. The van der Waals surface area contributed by atoms with E-state index >= 15 is 0 Å². The summed E-state index contributed by atoms with van der Waals surface area (Å²) in [7, 11) is 2.07. The van der Waals surface area contributed by atoms with Gasteiger partial charge in [-0.15, -0.1) is 0 Å². The number of hydrogen-bond acceptors (Lipinski definition) is 2. The van der Waals surface area contributed by atoms with Crippen LogP contribution in [0.15, 0.2) is 36.4 Å². The molecule has 24 heavy (non-hydrogen) atoms. The number of aryl methyl sites for hydroxylation is 1. The van der Waals surface area contributed by atoms with Crippen LogP contribution in [0.25, 0.3) is 11.0 Å². The molecule has 2 aliphatic rings. The Bertz CT molecular complexity index is 776. The van der Waals surface area contributed by atoms with Crippen LogP contribution in [-0.2, 0) is 11.8 Å². The first kappa shape index (κ1) is 15.4. The summed E-state index contributed by atoms with van der Waals surface area (Å²) < 4.78 is 2.17. The molecule has 126 valence electrons. The molecule has 1 fully saturated rings. The molecule has 0 N–H and O–H groups in total. The fourth-order valence-electron chi connectivity index (χ4n) is 4.17. The van der Waals surface area contributed by atoms with Crippen LogP contribution in [0.1, 0.15) is 50.4 Å². The molecule has 0 saturated carbocycles. The Labute approximate surface area is 143 Å². The van der Waals surface area contributed by atoms with Gasteiger partial charge in [0, 0.05) is 20.0 Å². The summed E-state index contributed by atoms with van der Waals surface area (Å²) in [6.45, 7) is 0.864. The zero-order valence-corrected chi connectivity index (χ0v) is 14.3. The number of fused-ring (bicyclic) bond motifs is 1. The van der Waals surface area contributed by atoms with Crippen molar-refractivity contribution < 1.29 is 4.79 Å². The van der Waals surface area contributed by atoms with E-state index in [1.807, 2.05) is 12.1 Å². The lowest BCUT2D eigenvalue weighted by Gasteiger charge is -2.36. The van der Waals surface area contributed by atoms with Gasteiger partial charge in [-0.3, -0.25) is 4.79 Å². The maximum absolute atomic E-state index is 12.9. The minimum Gasteiger partial charge on any atom is -0.332 e. The molecule has 1 aromatic carbocycles. The second kappa shape index (κ2) is 6.42. The molecule has 0 spiro atoms. The van der Waals surface area contributed by atoms with Crippen LogP contribution < -0.4 is 0 Å². The number of hydrogen-bond donors (Lipinski definition) is 0. The van der Waals surface area contributed by atoms with Crippen molar-refractivity contribution in [1.29, 1.82) is 0 Å². The molecule has 0 bridgehead atoms. The summed E-state index contributed by atoms with van der Waals surface area (Å²) in [5.74, 6) is 1.76. The molecule has 1 aliphatic heterocycles. The van der Waals surface area contributed by atoms with Crippen molar-refractivity contribution in [2.45, 2.75) is 44.6 Å². The Morgan fingerprint density at radius 2 is 2.12 bits per heavy atom. The molecular weight excluding hydrogens is 298 g/mol. The summed E-state index contributed by atoms with van der Waals surface area (Å²) in [5.41, 5.74) is 2.16. The number of para-hydroxylation sites is 2. The van der Waals surface area contributed by atoms with Gasteiger partial charge in [-0.25, -0.2) is 4.98 Å². The van der Waals surface area contributed by atoms with Crippen LogP contribution in [0.3, 0.4) is 0 Å². The number of allylic oxidation sites excluding steroid dienone is 2. The van der Waals surface area contributed by atoms with Gasteiger partial charge in [0.2, 0.25) is 5.91 Å². The van der Waals surface area contributed by atoms with E-state index < -0.39 is 0 Å². The Morgan fingerprint density at radius 3 is 2.92 bits per heavy atom. The van der Waals surface area contributed by atoms with E-state index in [0.717, 1.165) is 49.1 Å². The molecule has 1 aliphatic carbocycles. The van der Waals surface area contributed by atoms with Crippen molar-refractivity contribution >= 4 is 16.9 Å². The Hall–Kier alpha value is -2.10. The highest BCUT2D eigenvalue weighted by Crippen LogP contribution is 2.33. The van der Waals surface area contributed by atoms with Crippen LogP contribution in [0.2, 0.25) is 0 Å². The molecule has 2 aromatic rings. The Balaban J connectivity index is 1.62. The smallest absolute Gasteiger partial charge is 0.223 e. The largest absolute Gasteiger partial charge is 0.332 e. The molecule has 1 aromatic heterocycles. The highest BCUT2D eigenvalue weighted by Gasteiger charge is 2.32. The average Bonchev–Trinajstić information content (AvgIpc) is 3.23. The van der Waals surface area contributed by atoms with E-state index in [2.05, 4.69) is 40.8 Å². The summed E-state index contributed by atoms with van der Waals surface area (Å²) in [5, 5.41) is 0. The van der Waals surface area contributed by atoms with Crippen molar-refractivity contribution in [2.75, 3.05) is 6.54 Å². The molecule has 4 nitrogen and oxygen atoms in total. The van der Waals surface area contributed by atoms with Crippen molar-refractivity contribution in [3.8, 4) is 0 Å². The van der Waals surface area contributed by atoms with Gasteiger partial charge in [0.1, 0.15) is 5.82 Å². The van der Waals surface area contributed by atoms with Crippen molar-refractivity contribution in [3.63, 3.8) is 0 Å². The van der Waals surface area contributed by atoms with Crippen molar-refractivity contribution in [2.24, 2.45) is 13.0 Å². The van der Waals surface area contributed by atoms with Crippen LogP contribution in [0.4, 0.5) is 0 Å². The third-order valence-electron chi connectivity index (χ3n) is 5.49. The lowest BCUT2D eigenvalue weighted by Crippen LogP contribution is -2.40. The number of rotatable bonds is 3. The monoisotopic (exact) mass is 323 g/mol. The lowest BCUT2D eigenvalue weighted by atomic mass is 9.98. The number of amides is 1. The Kier molecular flexibility index (Phi) is 4.13. The standard InChI is InChI=1S/C20H25N3O/c1-22-17-11-5-4-10-16(17)21-20(22)18-12-6-7-13-23(18)19(24)14-15-8-2-3-9-15/h2,4-5,8,10-11,15,18H,3,6-7,9,12-14H2,1H3/t15-,18-/m0/s1. The number of carbonyl (C=O) groups excluding carboxylic acids is 1. The molecule has 1 amide bonds. The predicted molar refractivity (Wildman–Crippen MR) is 95.5 cm³/mol. The highest BCUT2D eigenvalue weighted by atomic mass is 16.2. The number of aromatic nitrogens is 2. The van der Waals surface area contributed by atoms with Crippen molar-refractivity contribution in [1.82, 2.24) is 14.5 Å². The zero-order chi connectivity index (χ0) is 16.5. The van der Waals surface area contributed by atoms with Crippen LogP contribution in [-0.4, -0.2) is 26.9 Å². The fourth-order valence-corrected chi connectivity index (χ4v) is 4.17. The number of imidazole rings is 1. The van der Waals surface area contributed by atoms with Gasteiger partial charge < -0.3 is 9.47 Å². The summed E-state index contributed by atoms with van der Waals surface area (Å²) in [4.78, 5) is 19.9. The summed E-state index contributed by atoms with van der Waals surface area (Å²) >= 11 is 0. The molecule has 2 atom stereocenters. The predicted octanol–water partition coefficient (Wildman–Crippen LogP) is 3.98. The van der Waals surface area contributed by atoms with Gasteiger partial charge in [0.15, 0.2) is 0 Å². The van der Waals surface area contributed by atoms with Gasteiger partial charge >= 0.3 is 0 Å². The summed E-state index contributed by atoms with van der Waals surface area (Å²) in [6, 6.07) is 8.34. The van der Waals surface area contributed by atoms with Crippen LogP contribution in [0, 0.1) is 5.92 Å². The quantitative estimate of drug-likeness (QED) is 0.801. The molecule has 1 saturated heterocycles. The lowest BCUT2D eigenvalue weighted by molar-refractivity contribution is -0.136. The minimum atomic E-state index is 0.119. The van der Waals surface area contributed by atoms with Gasteiger partial charge in [0.25, 0.3) is 0 Å². The van der Waals surface area contributed by atoms with E-state index in [4.69, 9.17) is 4.98 Å². The topological polar surface area (TPSA) is 38.1 Å². The van der Waals surface area contributed by atoms with Gasteiger partial charge in [-0.1, -0.05) is 24.3 Å². The maximum atomic E-state index is 12.9. The number of carbonyl (C=O) groups is 1. The zero-order valence-electron chi connectivity index (χ0n) is 14.3. The third-order valence-corrected chi connectivity index (χ3v) is 5.49. The number of likely N-dealkylation sites (tertiary alicyclic amines) is 1. The number of piperidine rings is 1. The summed E-state index contributed by atoms with van der Waals surface area (Å²) in [6.07, 6.45) is 10.6. The van der Waals surface area contributed by atoms with E-state index in [1.54, 1.807) is 0 Å². The first-order valence-corrected chi connectivity index (χ1v) is 9.11. The number of nitrogens with zero attached hydrogens (tertiary/aromatic N) is 3. The first-order chi connectivity index (χ1) is 11.7. The fraction of sp³-hybridized carbons (Fsp3) is 0.500. The van der Waals surface area contributed by atoms with Gasteiger partial charge in [-0.2, -0.15) is 0 Å². The number of benzene rings is 1. The molecule has 2 heterocycles. The molecule has 0 radical (unpaired) electrons. The third kappa shape index (κ3) is 2.74. The van der Waals surface area contributed by atoms with E-state index in [1.165, 1.54) is 6.42 Å². The Morgan fingerprint density at radius 1 is 1.25 bits per heavy atom. The normalized spacial score (nSPS) is 24.0. The van der Waals surface area contributed by atoms with E-state index in [0.29, 0.717) is 18.2 Å². The second-order valence-electron chi connectivity index (χ2n) is 7.09. The van der Waals surface area contributed by atoms with Gasteiger partial charge in [0.05, 0.1) is 17.1 Å². The van der Waals surface area contributed by atoms with Crippen LogP contribution in [0.5, 0.6) is 0 Å². The van der Waals surface area contributed by atoms with Crippen molar-refractivity contribution in [3.05, 3.63) is 42.2 Å². The molecule has 4 heteroatoms. The first-order valence-electron chi connectivity index (χ1n) is 9.11. The molecule has 0 unspecified atom stereocenters. The van der Waals surface area contributed by atoms with E-state index in [-0.39, 0.29) is 6.04 Å². The van der Waals surface area contributed by atoms with E-state index in [9.17, 15) is 4.79 Å². The average molecular weight is 323 g/mol. The molecular formula is C20H25N3O. The van der Waals surface area contributed by atoms with Gasteiger partial charge in [-0.05, 0) is 50.2 Å². The highest BCUT2D eigenvalue weighted by molar-refractivity contribution is 5.78.